The van der Waals surface area contributed by atoms with Crippen molar-refractivity contribution in [3.8, 4) is 11.3 Å². The van der Waals surface area contributed by atoms with Gasteiger partial charge in [-0.15, -0.1) is 6.58 Å². The predicted molar refractivity (Wildman–Crippen MR) is 153 cm³/mol. The number of carbonyl (C=O) groups is 1. The number of benzene rings is 2. The number of rotatable bonds is 8. The summed E-state index contributed by atoms with van der Waals surface area (Å²) in [7, 11) is 0. The van der Waals surface area contributed by atoms with Gasteiger partial charge in [0.1, 0.15) is 11.6 Å². The van der Waals surface area contributed by atoms with Gasteiger partial charge in [0.25, 0.3) is 0 Å². The highest BCUT2D eigenvalue weighted by Crippen LogP contribution is 2.27. The van der Waals surface area contributed by atoms with E-state index in [0.717, 1.165) is 34.0 Å². The molecular formula is C31H45F2N3O. The predicted octanol–water partition coefficient (Wildman–Crippen LogP) is 7.92. The van der Waals surface area contributed by atoms with Gasteiger partial charge in [-0.3, -0.25) is 4.79 Å². The van der Waals surface area contributed by atoms with Crippen LogP contribution in [0.5, 0.6) is 0 Å². The largest absolute Gasteiger partial charge is 0.372 e. The van der Waals surface area contributed by atoms with Crippen LogP contribution in [0.3, 0.4) is 0 Å². The summed E-state index contributed by atoms with van der Waals surface area (Å²) in [5, 5.41) is 4.44. The van der Waals surface area contributed by atoms with Crippen molar-refractivity contribution >= 4 is 17.3 Å². The van der Waals surface area contributed by atoms with Gasteiger partial charge in [0, 0.05) is 17.1 Å². The van der Waals surface area contributed by atoms with Crippen molar-refractivity contribution in [1.82, 2.24) is 10.3 Å². The zero-order valence-corrected chi connectivity index (χ0v) is 23.1. The number of aryl methyl sites for hydroxylation is 1. The van der Waals surface area contributed by atoms with E-state index in [-0.39, 0.29) is 18.0 Å². The lowest BCUT2D eigenvalue weighted by molar-refractivity contribution is -0.106. The van der Waals surface area contributed by atoms with Crippen LogP contribution in [0.4, 0.5) is 8.78 Å². The Labute approximate surface area is 221 Å². The number of H-pyrrole nitrogens is 1. The van der Waals surface area contributed by atoms with Crippen molar-refractivity contribution in [2.75, 3.05) is 6.54 Å². The molecule has 0 saturated heterocycles. The van der Waals surface area contributed by atoms with Crippen LogP contribution in [0.25, 0.3) is 22.2 Å². The van der Waals surface area contributed by atoms with Crippen LogP contribution in [-0.2, 0) is 4.79 Å². The summed E-state index contributed by atoms with van der Waals surface area (Å²) in [5.41, 5.74) is 7.16. The second kappa shape index (κ2) is 17.5. The first-order valence-corrected chi connectivity index (χ1v) is 13.4. The summed E-state index contributed by atoms with van der Waals surface area (Å²) in [6.07, 6.45) is 9.14. The maximum Gasteiger partial charge on any atom is 0.204 e. The quantitative estimate of drug-likeness (QED) is 0.211. The van der Waals surface area contributed by atoms with E-state index in [1.807, 2.05) is 32.9 Å². The van der Waals surface area contributed by atoms with E-state index < -0.39 is 0 Å². The SMILES string of the molecule is C=CC(CC(C)CC)NCC1CCC1.CC.Cc1cc(F)c2[nH]c(-c3ccc(F)cc3)cc2c1.NC=O. The molecule has 4 rings (SSSR count). The molecule has 4 N–H and O–H groups in total. The molecule has 1 aromatic heterocycles. The fourth-order valence-electron chi connectivity index (χ4n) is 4.00. The van der Waals surface area contributed by atoms with E-state index in [4.69, 9.17) is 4.79 Å². The minimum Gasteiger partial charge on any atom is -0.372 e. The van der Waals surface area contributed by atoms with Gasteiger partial charge in [-0.1, -0.05) is 46.6 Å². The molecule has 6 heteroatoms. The van der Waals surface area contributed by atoms with Crippen LogP contribution < -0.4 is 11.1 Å². The second-order valence-corrected chi connectivity index (χ2v) is 9.33. The van der Waals surface area contributed by atoms with Gasteiger partial charge >= 0.3 is 0 Å². The molecule has 3 aromatic rings. The molecule has 37 heavy (non-hydrogen) atoms. The van der Waals surface area contributed by atoms with Gasteiger partial charge < -0.3 is 16.0 Å². The standard InChI is InChI=1S/C15H11F2N.C13H25N.C2H6.CH3NO/c1-9-6-11-8-14(18-15(11)13(17)7-9)10-2-4-12(16)5-3-10;1-4-11(3)9-13(5-2)14-10-12-7-6-8-12;1-2;2-1-3/h2-8,18H,1H3;5,11-14H,2,4,6-10H2,1,3H3;1-2H3;1H,(H2,2,3). The summed E-state index contributed by atoms with van der Waals surface area (Å²) in [5.74, 6) is 1.22. The lowest BCUT2D eigenvalue weighted by Crippen LogP contribution is -2.35. The van der Waals surface area contributed by atoms with Gasteiger partial charge in [0.05, 0.1) is 5.52 Å². The van der Waals surface area contributed by atoms with Crippen LogP contribution in [0, 0.1) is 30.4 Å². The maximum atomic E-state index is 13.7. The lowest BCUT2D eigenvalue weighted by Gasteiger charge is -2.28. The summed E-state index contributed by atoms with van der Waals surface area (Å²) in [6.45, 7) is 15.5. The molecule has 1 heterocycles. The van der Waals surface area contributed by atoms with E-state index >= 15 is 0 Å². The summed E-state index contributed by atoms with van der Waals surface area (Å²) in [4.78, 5) is 11.6. The summed E-state index contributed by atoms with van der Waals surface area (Å²) in [6, 6.07) is 11.9. The van der Waals surface area contributed by atoms with E-state index in [1.165, 1.54) is 56.8 Å². The molecule has 2 aromatic carbocycles. The van der Waals surface area contributed by atoms with Crippen molar-refractivity contribution < 1.29 is 13.6 Å². The van der Waals surface area contributed by atoms with Crippen LogP contribution in [0.1, 0.15) is 65.4 Å². The summed E-state index contributed by atoms with van der Waals surface area (Å²) < 4.78 is 26.6. The average Bonchev–Trinajstić information content (AvgIpc) is 3.29. The first-order chi connectivity index (χ1) is 17.8. The molecule has 0 bridgehead atoms. The van der Waals surface area contributed by atoms with E-state index in [0.29, 0.717) is 11.6 Å². The molecule has 1 aliphatic rings. The van der Waals surface area contributed by atoms with Crippen molar-refractivity contribution in [3.05, 3.63) is 72.3 Å². The number of nitrogens with two attached hydrogens (primary N) is 1. The van der Waals surface area contributed by atoms with Gasteiger partial charge in [0.2, 0.25) is 6.41 Å². The fourth-order valence-corrected chi connectivity index (χ4v) is 4.00. The zero-order valence-electron chi connectivity index (χ0n) is 23.1. The van der Waals surface area contributed by atoms with Crippen LogP contribution in [0.2, 0.25) is 0 Å². The Balaban J connectivity index is 0.000000324. The molecule has 2 unspecified atom stereocenters. The van der Waals surface area contributed by atoms with Crippen LogP contribution in [-0.4, -0.2) is 24.0 Å². The normalized spacial score (nSPS) is 13.9. The minimum atomic E-state index is -0.281. The van der Waals surface area contributed by atoms with Crippen LogP contribution in [0.15, 0.2) is 55.1 Å². The Bertz CT molecular complexity index is 1060. The number of halogens is 2. The number of carbonyl (C=O) groups excluding carboxylic acids is 1. The van der Waals surface area contributed by atoms with Gasteiger partial charge in [-0.05, 0) is 98.2 Å². The molecule has 0 spiro atoms. The zero-order chi connectivity index (χ0) is 27.8. The van der Waals surface area contributed by atoms with E-state index in [1.54, 1.807) is 12.1 Å². The van der Waals surface area contributed by atoms with Crippen molar-refractivity contribution in [3.63, 3.8) is 0 Å². The van der Waals surface area contributed by atoms with E-state index in [2.05, 4.69) is 42.5 Å². The Morgan fingerprint density at radius 3 is 2.30 bits per heavy atom. The fraction of sp³-hybridized carbons (Fsp3) is 0.452. The molecule has 2 atom stereocenters. The number of nitrogens with one attached hydrogen (secondary N) is 2. The Kier molecular flexibility index (Phi) is 15.1. The van der Waals surface area contributed by atoms with Crippen molar-refractivity contribution in [2.45, 2.75) is 72.8 Å². The number of amides is 1. The summed E-state index contributed by atoms with van der Waals surface area (Å²) >= 11 is 0. The molecule has 0 radical (unpaired) electrons. The van der Waals surface area contributed by atoms with Crippen molar-refractivity contribution in [2.24, 2.45) is 17.6 Å². The molecule has 1 aliphatic carbocycles. The van der Waals surface area contributed by atoms with Gasteiger partial charge in [-0.2, -0.15) is 0 Å². The third-order valence-electron chi connectivity index (χ3n) is 6.51. The maximum absolute atomic E-state index is 13.7. The average molecular weight is 514 g/mol. The van der Waals surface area contributed by atoms with Gasteiger partial charge in [0.15, 0.2) is 0 Å². The topological polar surface area (TPSA) is 70.9 Å². The number of aromatic amines is 1. The van der Waals surface area contributed by atoms with E-state index in [9.17, 15) is 8.78 Å². The Morgan fingerprint density at radius 2 is 1.78 bits per heavy atom. The molecular weight excluding hydrogens is 468 g/mol. The number of aromatic nitrogens is 1. The first-order valence-electron chi connectivity index (χ1n) is 13.4. The highest BCUT2D eigenvalue weighted by molar-refractivity contribution is 5.86. The third-order valence-corrected chi connectivity index (χ3v) is 6.51. The minimum absolute atomic E-state index is 0.250. The molecule has 204 valence electrons. The second-order valence-electron chi connectivity index (χ2n) is 9.33. The molecule has 1 fully saturated rings. The smallest absolute Gasteiger partial charge is 0.204 e. The highest BCUT2D eigenvalue weighted by Gasteiger charge is 2.18. The number of primary amides is 1. The number of hydrogen-bond donors (Lipinski definition) is 3. The molecule has 1 saturated carbocycles. The first kappa shape index (κ1) is 32.0. The lowest BCUT2D eigenvalue weighted by atomic mass is 9.85. The van der Waals surface area contributed by atoms with Crippen molar-refractivity contribution in [1.29, 1.82) is 0 Å². The molecule has 0 aliphatic heterocycles. The van der Waals surface area contributed by atoms with Gasteiger partial charge in [-0.25, -0.2) is 8.78 Å². The highest BCUT2D eigenvalue weighted by atomic mass is 19.1. The number of fused-ring (bicyclic) bond motifs is 1. The Hall–Kier alpha value is -2.99. The monoisotopic (exact) mass is 513 g/mol. The third kappa shape index (κ3) is 10.9. The number of hydrogen-bond acceptors (Lipinski definition) is 2. The molecule has 4 nitrogen and oxygen atoms in total. The van der Waals surface area contributed by atoms with Crippen LogP contribution >= 0.6 is 0 Å². The molecule has 1 amide bonds. The Morgan fingerprint density at radius 1 is 1.16 bits per heavy atom.